The lowest BCUT2D eigenvalue weighted by Crippen LogP contribution is -2.42. The fourth-order valence-corrected chi connectivity index (χ4v) is 4.08. The topological polar surface area (TPSA) is 54.0 Å². The Morgan fingerprint density at radius 2 is 2.09 bits per heavy atom. The van der Waals surface area contributed by atoms with Crippen LogP contribution in [-0.2, 0) is 5.75 Å². The standard InChI is InChI=1S/C17H21N3OS2/c1-12-19-15(10-22-12)11-23-16-4-2-13(3-5-16)17(21)20-14-6-8-18-9-7-14/h2-5,10,14,18H,6-9,11H2,1H3,(H,20,21). The van der Waals surface area contributed by atoms with Crippen LogP contribution in [0.2, 0.25) is 0 Å². The SMILES string of the molecule is Cc1nc(CSc2ccc(C(=O)NC3CCNCC3)cc2)cs1. The van der Waals surface area contributed by atoms with E-state index in [1.165, 1.54) is 0 Å². The number of piperidine rings is 1. The molecule has 0 aliphatic carbocycles. The Morgan fingerprint density at radius 1 is 1.35 bits per heavy atom. The maximum atomic E-state index is 12.3. The first-order chi connectivity index (χ1) is 11.2. The minimum atomic E-state index is 0.0311. The van der Waals surface area contributed by atoms with Gasteiger partial charge in [-0.1, -0.05) is 0 Å². The number of hydrogen-bond acceptors (Lipinski definition) is 5. The molecule has 1 aliphatic heterocycles. The van der Waals surface area contributed by atoms with Gasteiger partial charge in [0.15, 0.2) is 0 Å². The van der Waals surface area contributed by atoms with E-state index in [4.69, 9.17) is 0 Å². The van der Waals surface area contributed by atoms with E-state index in [1.807, 2.05) is 31.2 Å². The van der Waals surface area contributed by atoms with Crippen molar-refractivity contribution in [2.24, 2.45) is 0 Å². The van der Waals surface area contributed by atoms with Crippen molar-refractivity contribution in [1.29, 1.82) is 0 Å². The van der Waals surface area contributed by atoms with Crippen LogP contribution in [0.5, 0.6) is 0 Å². The summed E-state index contributed by atoms with van der Waals surface area (Å²) in [5.41, 5.74) is 1.85. The Labute approximate surface area is 145 Å². The molecule has 1 fully saturated rings. The van der Waals surface area contributed by atoms with Gasteiger partial charge in [-0.3, -0.25) is 4.79 Å². The van der Waals surface area contributed by atoms with Crippen molar-refractivity contribution in [3.05, 3.63) is 45.9 Å². The van der Waals surface area contributed by atoms with Crippen LogP contribution >= 0.6 is 23.1 Å². The van der Waals surface area contributed by atoms with Crippen molar-refractivity contribution in [3.8, 4) is 0 Å². The van der Waals surface area contributed by atoms with E-state index < -0.39 is 0 Å². The summed E-state index contributed by atoms with van der Waals surface area (Å²) < 4.78 is 0. The minimum absolute atomic E-state index is 0.0311. The summed E-state index contributed by atoms with van der Waals surface area (Å²) in [5.74, 6) is 0.897. The smallest absolute Gasteiger partial charge is 0.251 e. The first-order valence-electron chi connectivity index (χ1n) is 7.86. The second-order valence-corrected chi connectivity index (χ2v) is 7.78. The number of carbonyl (C=O) groups excluding carboxylic acids is 1. The first kappa shape index (κ1) is 16.5. The number of nitrogens with one attached hydrogen (secondary N) is 2. The van der Waals surface area contributed by atoms with Gasteiger partial charge in [0.25, 0.3) is 5.91 Å². The average Bonchev–Trinajstić information content (AvgIpc) is 3.00. The highest BCUT2D eigenvalue weighted by Gasteiger charge is 2.16. The van der Waals surface area contributed by atoms with E-state index in [0.717, 1.165) is 52.8 Å². The number of thiazole rings is 1. The van der Waals surface area contributed by atoms with Crippen LogP contribution in [0.3, 0.4) is 0 Å². The second-order valence-electron chi connectivity index (χ2n) is 5.67. The molecular formula is C17H21N3OS2. The predicted octanol–water partition coefficient (Wildman–Crippen LogP) is 3.23. The van der Waals surface area contributed by atoms with E-state index in [9.17, 15) is 4.79 Å². The summed E-state index contributed by atoms with van der Waals surface area (Å²) in [4.78, 5) is 17.9. The molecule has 122 valence electrons. The summed E-state index contributed by atoms with van der Waals surface area (Å²) in [6, 6.07) is 8.14. The third kappa shape index (κ3) is 4.80. The van der Waals surface area contributed by atoms with Gasteiger partial charge in [0.2, 0.25) is 0 Å². The zero-order chi connectivity index (χ0) is 16.1. The van der Waals surface area contributed by atoms with Crippen molar-refractivity contribution in [2.75, 3.05) is 13.1 Å². The molecule has 23 heavy (non-hydrogen) atoms. The number of nitrogens with zero attached hydrogens (tertiary/aromatic N) is 1. The average molecular weight is 348 g/mol. The molecule has 0 saturated carbocycles. The van der Waals surface area contributed by atoms with Crippen molar-refractivity contribution < 1.29 is 4.79 Å². The molecule has 1 saturated heterocycles. The van der Waals surface area contributed by atoms with Gasteiger partial charge in [-0.05, 0) is 57.1 Å². The first-order valence-corrected chi connectivity index (χ1v) is 9.73. The summed E-state index contributed by atoms with van der Waals surface area (Å²) >= 11 is 3.43. The van der Waals surface area contributed by atoms with E-state index in [1.54, 1.807) is 23.1 Å². The molecule has 0 radical (unpaired) electrons. The molecule has 2 aromatic rings. The van der Waals surface area contributed by atoms with Gasteiger partial charge in [-0.2, -0.15) is 0 Å². The van der Waals surface area contributed by atoms with Crippen LogP contribution < -0.4 is 10.6 Å². The van der Waals surface area contributed by atoms with Crippen LogP contribution in [0.25, 0.3) is 0 Å². The lowest BCUT2D eigenvalue weighted by atomic mass is 10.1. The molecule has 1 amide bonds. The van der Waals surface area contributed by atoms with Crippen LogP contribution in [0.15, 0.2) is 34.5 Å². The van der Waals surface area contributed by atoms with Gasteiger partial charge < -0.3 is 10.6 Å². The molecular weight excluding hydrogens is 326 g/mol. The number of carbonyl (C=O) groups is 1. The molecule has 0 unspecified atom stereocenters. The molecule has 0 atom stereocenters. The molecule has 1 aromatic heterocycles. The van der Waals surface area contributed by atoms with Crippen LogP contribution in [-0.4, -0.2) is 30.0 Å². The summed E-state index contributed by atoms with van der Waals surface area (Å²) in [5, 5.41) is 9.63. The lowest BCUT2D eigenvalue weighted by Gasteiger charge is -2.23. The van der Waals surface area contributed by atoms with Crippen LogP contribution in [0.1, 0.15) is 33.9 Å². The largest absolute Gasteiger partial charge is 0.349 e. The quantitative estimate of drug-likeness (QED) is 0.816. The van der Waals surface area contributed by atoms with Crippen molar-refractivity contribution in [2.45, 2.75) is 36.5 Å². The molecule has 2 heterocycles. The van der Waals surface area contributed by atoms with Crippen LogP contribution in [0, 0.1) is 6.92 Å². The maximum Gasteiger partial charge on any atom is 0.251 e. The van der Waals surface area contributed by atoms with E-state index in [2.05, 4.69) is 21.0 Å². The van der Waals surface area contributed by atoms with Crippen LogP contribution in [0.4, 0.5) is 0 Å². The Kier molecular flexibility index (Phi) is 5.70. The summed E-state index contributed by atoms with van der Waals surface area (Å²) in [6.07, 6.45) is 2.01. The van der Waals surface area contributed by atoms with E-state index in [-0.39, 0.29) is 5.91 Å². The normalized spacial score (nSPS) is 15.5. The maximum absolute atomic E-state index is 12.3. The fraction of sp³-hybridized carbons (Fsp3) is 0.412. The Morgan fingerprint density at radius 3 is 2.74 bits per heavy atom. The molecule has 4 nitrogen and oxygen atoms in total. The lowest BCUT2D eigenvalue weighted by molar-refractivity contribution is 0.0929. The van der Waals surface area contributed by atoms with Crippen molar-refractivity contribution in [3.63, 3.8) is 0 Å². The Bertz CT molecular complexity index is 648. The number of aromatic nitrogens is 1. The third-order valence-corrected chi connectivity index (χ3v) is 5.71. The highest BCUT2D eigenvalue weighted by atomic mass is 32.2. The highest BCUT2D eigenvalue weighted by Crippen LogP contribution is 2.24. The number of amides is 1. The molecule has 0 spiro atoms. The molecule has 3 rings (SSSR count). The second kappa shape index (κ2) is 7.95. The fourth-order valence-electron chi connectivity index (χ4n) is 2.57. The minimum Gasteiger partial charge on any atom is -0.349 e. The van der Waals surface area contributed by atoms with Gasteiger partial charge in [0.1, 0.15) is 0 Å². The molecule has 2 N–H and O–H groups in total. The highest BCUT2D eigenvalue weighted by molar-refractivity contribution is 7.98. The zero-order valence-corrected chi connectivity index (χ0v) is 14.8. The van der Waals surface area contributed by atoms with Gasteiger partial charge in [0, 0.05) is 27.6 Å². The number of benzene rings is 1. The van der Waals surface area contributed by atoms with Crippen molar-refractivity contribution >= 4 is 29.0 Å². The zero-order valence-electron chi connectivity index (χ0n) is 13.2. The molecule has 1 aliphatic rings. The molecule has 6 heteroatoms. The van der Waals surface area contributed by atoms with Crippen molar-refractivity contribution in [1.82, 2.24) is 15.6 Å². The molecule has 1 aromatic carbocycles. The Balaban J connectivity index is 1.52. The Hall–Kier alpha value is -1.37. The number of hydrogen-bond donors (Lipinski definition) is 2. The number of thioether (sulfide) groups is 1. The third-order valence-electron chi connectivity index (χ3n) is 3.84. The predicted molar refractivity (Wildman–Crippen MR) is 96.2 cm³/mol. The monoisotopic (exact) mass is 347 g/mol. The van der Waals surface area contributed by atoms with Gasteiger partial charge in [-0.15, -0.1) is 23.1 Å². The number of aryl methyl sites for hydroxylation is 1. The summed E-state index contributed by atoms with van der Waals surface area (Å²) in [6.45, 7) is 3.99. The van der Waals surface area contributed by atoms with Gasteiger partial charge in [0.05, 0.1) is 10.7 Å². The van der Waals surface area contributed by atoms with E-state index >= 15 is 0 Å². The summed E-state index contributed by atoms with van der Waals surface area (Å²) in [7, 11) is 0. The van der Waals surface area contributed by atoms with Gasteiger partial charge >= 0.3 is 0 Å². The molecule has 0 bridgehead atoms. The van der Waals surface area contributed by atoms with E-state index in [0.29, 0.717) is 6.04 Å². The number of rotatable bonds is 5. The van der Waals surface area contributed by atoms with Gasteiger partial charge in [-0.25, -0.2) is 4.98 Å².